The highest BCUT2D eigenvalue weighted by Gasteiger charge is 2.33. The molecule has 0 unspecified atom stereocenters. The van der Waals surface area contributed by atoms with Crippen molar-refractivity contribution in [1.82, 2.24) is 5.32 Å². The maximum Gasteiger partial charge on any atom is 0.0951 e. The van der Waals surface area contributed by atoms with Crippen LogP contribution in [-0.2, 0) is 10.3 Å². The van der Waals surface area contributed by atoms with E-state index in [0.717, 1.165) is 25.9 Å². The summed E-state index contributed by atoms with van der Waals surface area (Å²) >= 11 is 0. The van der Waals surface area contributed by atoms with Crippen molar-refractivity contribution >= 4 is 0 Å². The molecule has 1 saturated heterocycles. The zero-order valence-corrected chi connectivity index (χ0v) is 8.62. The van der Waals surface area contributed by atoms with Crippen LogP contribution in [0.2, 0.25) is 0 Å². The largest absolute Gasteiger partial charge is 0.373 e. The fourth-order valence-electron chi connectivity index (χ4n) is 2.18. The van der Waals surface area contributed by atoms with Crippen LogP contribution < -0.4 is 5.32 Å². The predicted octanol–water partition coefficient (Wildman–Crippen LogP) is 1.91. The number of benzene rings is 1. The smallest absolute Gasteiger partial charge is 0.0951 e. The number of ether oxygens (including phenoxy) is 1. The van der Waals surface area contributed by atoms with E-state index in [1.54, 1.807) is 0 Å². The predicted molar refractivity (Wildman–Crippen MR) is 57.2 cm³/mol. The third-order valence-corrected chi connectivity index (χ3v) is 3.10. The van der Waals surface area contributed by atoms with Gasteiger partial charge in [0.2, 0.25) is 0 Å². The number of methoxy groups -OCH3 is 1. The lowest BCUT2D eigenvalue weighted by Crippen LogP contribution is -2.41. The van der Waals surface area contributed by atoms with Gasteiger partial charge in [-0.3, -0.25) is 0 Å². The van der Waals surface area contributed by atoms with Crippen LogP contribution in [0.25, 0.3) is 0 Å². The van der Waals surface area contributed by atoms with E-state index >= 15 is 0 Å². The molecule has 14 heavy (non-hydrogen) atoms. The Kier molecular flexibility index (Phi) is 2.85. The second-order valence-corrected chi connectivity index (χ2v) is 3.81. The lowest BCUT2D eigenvalue weighted by atomic mass is 9.85. The van der Waals surface area contributed by atoms with Gasteiger partial charge in [-0.1, -0.05) is 30.3 Å². The Morgan fingerprint density at radius 1 is 1.14 bits per heavy atom. The molecule has 1 aromatic carbocycles. The molecule has 0 saturated carbocycles. The molecule has 76 valence electrons. The van der Waals surface area contributed by atoms with Crippen molar-refractivity contribution in [3.63, 3.8) is 0 Å². The van der Waals surface area contributed by atoms with Gasteiger partial charge in [0, 0.05) is 7.11 Å². The van der Waals surface area contributed by atoms with Gasteiger partial charge in [-0.15, -0.1) is 0 Å². The fourth-order valence-corrected chi connectivity index (χ4v) is 2.18. The Morgan fingerprint density at radius 3 is 2.36 bits per heavy atom. The number of hydrogen-bond acceptors (Lipinski definition) is 2. The van der Waals surface area contributed by atoms with E-state index in [0.29, 0.717) is 0 Å². The highest BCUT2D eigenvalue weighted by atomic mass is 16.5. The molecule has 0 aromatic heterocycles. The molecule has 1 aliphatic rings. The van der Waals surface area contributed by atoms with Gasteiger partial charge in [0.15, 0.2) is 0 Å². The van der Waals surface area contributed by atoms with Crippen LogP contribution >= 0.6 is 0 Å². The van der Waals surface area contributed by atoms with Crippen LogP contribution in [0.1, 0.15) is 18.4 Å². The third kappa shape index (κ3) is 1.68. The topological polar surface area (TPSA) is 21.3 Å². The van der Waals surface area contributed by atoms with E-state index in [4.69, 9.17) is 4.74 Å². The van der Waals surface area contributed by atoms with E-state index in [1.807, 2.05) is 13.2 Å². The van der Waals surface area contributed by atoms with E-state index in [2.05, 4.69) is 29.6 Å². The summed E-state index contributed by atoms with van der Waals surface area (Å²) in [6, 6.07) is 10.5. The number of hydrogen-bond donors (Lipinski definition) is 1. The maximum atomic E-state index is 5.72. The van der Waals surface area contributed by atoms with Gasteiger partial charge in [-0.05, 0) is 31.5 Å². The van der Waals surface area contributed by atoms with E-state index < -0.39 is 0 Å². The molecule has 1 N–H and O–H groups in total. The summed E-state index contributed by atoms with van der Waals surface area (Å²) in [5.41, 5.74) is 1.26. The second-order valence-electron chi connectivity index (χ2n) is 3.81. The van der Waals surface area contributed by atoms with Crippen LogP contribution in [0, 0.1) is 0 Å². The molecule has 0 radical (unpaired) electrons. The van der Waals surface area contributed by atoms with E-state index in [9.17, 15) is 0 Å². The van der Waals surface area contributed by atoms with E-state index in [-0.39, 0.29) is 5.60 Å². The molecular weight excluding hydrogens is 174 g/mol. The molecule has 1 heterocycles. The van der Waals surface area contributed by atoms with Gasteiger partial charge in [-0.25, -0.2) is 0 Å². The zero-order valence-electron chi connectivity index (χ0n) is 8.62. The monoisotopic (exact) mass is 191 g/mol. The molecule has 1 aliphatic heterocycles. The van der Waals surface area contributed by atoms with Crippen LogP contribution in [0.15, 0.2) is 30.3 Å². The Bertz CT molecular complexity index is 278. The van der Waals surface area contributed by atoms with Crippen molar-refractivity contribution in [2.24, 2.45) is 0 Å². The first-order valence-corrected chi connectivity index (χ1v) is 5.19. The first-order chi connectivity index (χ1) is 6.87. The summed E-state index contributed by atoms with van der Waals surface area (Å²) in [6.45, 7) is 2.09. The number of piperidine rings is 1. The molecule has 0 amide bonds. The van der Waals surface area contributed by atoms with Crippen molar-refractivity contribution in [3.05, 3.63) is 35.9 Å². The van der Waals surface area contributed by atoms with Gasteiger partial charge in [0.1, 0.15) is 0 Å². The molecule has 1 aromatic rings. The summed E-state index contributed by atoms with van der Waals surface area (Å²) < 4.78 is 5.72. The second kappa shape index (κ2) is 4.11. The molecular formula is C12H17NO. The fraction of sp³-hybridized carbons (Fsp3) is 0.500. The molecule has 0 bridgehead atoms. The molecule has 1 fully saturated rings. The quantitative estimate of drug-likeness (QED) is 0.771. The van der Waals surface area contributed by atoms with Crippen molar-refractivity contribution in [1.29, 1.82) is 0 Å². The van der Waals surface area contributed by atoms with Crippen LogP contribution in [-0.4, -0.2) is 20.2 Å². The normalized spacial score (nSPS) is 20.6. The Morgan fingerprint density at radius 2 is 1.79 bits per heavy atom. The maximum absolute atomic E-state index is 5.72. The lowest BCUT2D eigenvalue weighted by Gasteiger charge is -2.36. The molecule has 2 rings (SSSR count). The van der Waals surface area contributed by atoms with Crippen LogP contribution in [0.3, 0.4) is 0 Å². The first-order valence-electron chi connectivity index (χ1n) is 5.19. The van der Waals surface area contributed by atoms with Crippen molar-refractivity contribution in [3.8, 4) is 0 Å². The van der Waals surface area contributed by atoms with Crippen molar-refractivity contribution in [2.45, 2.75) is 18.4 Å². The van der Waals surface area contributed by atoms with Gasteiger partial charge in [0.25, 0.3) is 0 Å². The molecule has 0 spiro atoms. The van der Waals surface area contributed by atoms with Gasteiger partial charge in [-0.2, -0.15) is 0 Å². The highest BCUT2D eigenvalue weighted by Crippen LogP contribution is 2.33. The van der Waals surface area contributed by atoms with Crippen LogP contribution in [0.4, 0.5) is 0 Å². The lowest BCUT2D eigenvalue weighted by molar-refractivity contribution is -0.0391. The van der Waals surface area contributed by atoms with Gasteiger partial charge >= 0.3 is 0 Å². The van der Waals surface area contributed by atoms with Gasteiger partial charge < -0.3 is 10.1 Å². The Hall–Kier alpha value is -0.860. The minimum absolute atomic E-state index is 0.0491. The number of rotatable bonds is 2. The third-order valence-electron chi connectivity index (χ3n) is 3.10. The SMILES string of the molecule is COC1(c2ccccc2)CCNCC1. The number of nitrogens with one attached hydrogen (secondary N) is 1. The average Bonchev–Trinajstić information content (AvgIpc) is 2.31. The summed E-state index contributed by atoms with van der Waals surface area (Å²) in [4.78, 5) is 0. The van der Waals surface area contributed by atoms with Crippen molar-refractivity contribution in [2.75, 3.05) is 20.2 Å². The highest BCUT2D eigenvalue weighted by molar-refractivity contribution is 5.23. The summed E-state index contributed by atoms with van der Waals surface area (Å²) in [7, 11) is 1.82. The summed E-state index contributed by atoms with van der Waals surface area (Å²) in [5.74, 6) is 0. The zero-order chi connectivity index (χ0) is 9.86. The summed E-state index contributed by atoms with van der Waals surface area (Å²) in [5, 5.41) is 3.36. The Balaban J connectivity index is 2.27. The molecule has 0 atom stereocenters. The Labute approximate surface area is 85.3 Å². The minimum Gasteiger partial charge on any atom is -0.373 e. The van der Waals surface area contributed by atoms with Crippen LogP contribution in [0.5, 0.6) is 0 Å². The van der Waals surface area contributed by atoms with E-state index in [1.165, 1.54) is 5.56 Å². The molecule has 0 aliphatic carbocycles. The first kappa shape index (κ1) is 9.69. The molecule has 2 nitrogen and oxygen atoms in total. The van der Waals surface area contributed by atoms with Gasteiger partial charge in [0.05, 0.1) is 5.60 Å². The minimum atomic E-state index is -0.0491. The standard InChI is InChI=1S/C12H17NO/c1-14-12(7-9-13-10-8-12)11-5-3-2-4-6-11/h2-6,13H,7-10H2,1H3. The molecule has 2 heteroatoms. The average molecular weight is 191 g/mol. The summed E-state index contributed by atoms with van der Waals surface area (Å²) in [6.07, 6.45) is 2.13. The van der Waals surface area contributed by atoms with Crippen molar-refractivity contribution < 1.29 is 4.74 Å².